The van der Waals surface area contributed by atoms with E-state index >= 15 is 0 Å². The molecule has 0 spiro atoms. The summed E-state index contributed by atoms with van der Waals surface area (Å²) in [7, 11) is 3.24. The summed E-state index contributed by atoms with van der Waals surface area (Å²) < 4.78 is 5.74. The number of ether oxygens (including phenoxy) is 1. The van der Waals surface area contributed by atoms with Gasteiger partial charge in [-0.15, -0.1) is 0 Å². The number of amides is 1. The molecule has 11 heteroatoms. The van der Waals surface area contributed by atoms with Crippen molar-refractivity contribution in [3.05, 3.63) is 59.2 Å². The van der Waals surface area contributed by atoms with Crippen LogP contribution in [-0.2, 0) is 4.79 Å². The van der Waals surface area contributed by atoms with Crippen LogP contribution in [-0.4, -0.2) is 73.4 Å². The molecule has 0 atom stereocenters. The first-order valence-electron chi connectivity index (χ1n) is 16.5. The smallest absolute Gasteiger partial charge is 0.253 e. The molecule has 1 saturated heterocycles. The first-order chi connectivity index (χ1) is 22.4. The van der Waals surface area contributed by atoms with Crippen LogP contribution in [0.25, 0.3) is 0 Å². The Morgan fingerprint density at radius 3 is 2.35 bits per heavy atom. The number of rotatable bonds is 18. The van der Waals surface area contributed by atoms with Gasteiger partial charge < -0.3 is 25.6 Å². The maximum absolute atomic E-state index is 12.3. The third-order valence-electron chi connectivity index (χ3n) is 8.39. The first-order valence-corrected chi connectivity index (χ1v) is 16.8. The van der Waals surface area contributed by atoms with Crippen molar-refractivity contribution in [2.75, 3.05) is 62.4 Å². The molecule has 3 aromatic rings. The second-order valence-corrected chi connectivity index (χ2v) is 12.0. The average Bonchev–Trinajstić information content (AvgIpc) is 3.09. The topological polar surface area (TPSA) is 112 Å². The summed E-state index contributed by atoms with van der Waals surface area (Å²) in [6, 6.07) is 13.3. The molecule has 2 aromatic carbocycles. The number of nitrogens with zero attached hydrogens (tertiary/aromatic N) is 4. The van der Waals surface area contributed by atoms with Gasteiger partial charge in [0.05, 0.1) is 30.2 Å². The lowest BCUT2D eigenvalue weighted by atomic mass is 10.1. The highest BCUT2D eigenvalue weighted by Crippen LogP contribution is 2.33. The van der Waals surface area contributed by atoms with Crippen molar-refractivity contribution < 1.29 is 14.3 Å². The molecule has 4 rings (SSSR count). The van der Waals surface area contributed by atoms with Crippen LogP contribution in [0.2, 0.25) is 5.02 Å². The van der Waals surface area contributed by atoms with E-state index in [1.165, 1.54) is 44.7 Å². The molecule has 2 heterocycles. The Morgan fingerprint density at radius 1 is 0.913 bits per heavy atom. The van der Waals surface area contributed by atoms with E-state index in [2.05, 4.69) is 41.8 Å². The number of unbranched alkanes of at least 4 members (excludes halogenated alkanes) is 6. The van der Waals surface area contributed by atoms with Crippen LogP contribution >= 0.6 is 11.6 Å². The van der Waals surface area contributed by atoms with Gasteiger partial charge >= 0.3 is 0 Å². The molecular formula is C35H48ClN7O3. The molecule has 3 N–H and O–H groups in total. The number of Topliss-reactive ketones (excluding diaryl/α,β-unsaturated/α-hetero) is 1. The highest BCUT2D eigenvalue weighted by molar-refractivity contribution is 6.33. The minimum Gasteiger partial charge on any atom is -0.494 e. The van der Waals surface area contributed by atoms with Crippen LogP contribution in [0.3, 0.4) is 0 Å². The Hall–Kier alpha value is -3.89. The molecule has 0 bridgehead atoms. The quantitative estimate of drug-likeness (QED) is 0.123. The lowest BCUT2D eigenvalue weighted by Gasteiger charge is -2.36. The minimum atomic E-state index is -0.214. The van der Waals surface area contributed by atoms with Crippen molar-refractivity contribution in [2.45, 2.75) is 64.7 Å². The van der Waals surface area contributed by atoms with E-state index in [1.54, 1.807) is 32.4 Å². The van der Waals surface area contributed by atoms with Gasteiger partial charge in [-0.1, -0.05) is 62.8 Å². The van der Waals surface area contributed by atoms with E-state index in [1.807, 2.05) is 25.1 Å². The number of carbonyl (C=O) groups excluding carboxylic acids is 2. The van der Waals surface area contributed by atoms with E-state index in [9.17, 15) is 9.59 Å². The van der Waals surface area contributed by atoms with Crippen LogP contribution in [0, 0.1) is 0 Å². The third-order valence-corrected chi connectivity index (χ3v) is 8.67. The Morgan fingerprint density at radius 2 is 1.63 bits per heavy atom. The molecule has 1 fully saturated rings. The number of piperazine rings is 1. The molecule has 0 unspecified atom stereocenters. The van der Waals surface area contributed by atoms with Gasteiger partial charge in [-0.05, 0) is 43.7 Å². The normalized spacial score (nSPS) is 13.3. The summed E-state index contributed by atoms with van der Waals surface area (Å²) in [5, 5.41) is 9.39. The molecule has 0 aliphatic carbocycles. The number of para-hydroxylation sites is 1. The molecular weight excluding hydrogens is 602 g/mol. The van der Waals surface area contributed by atoms with Crippen LogP contribution in [0.5, 0.6) is 5.75 Å². The van der Waals surface area contributed by atoms with Crippen LogP contribution in [0.4, 0.5) is 28.8 Å². The number of hydrogen-bond acceptors (Lipinski definition) is 9. The van der Waals surface area contributed by atoms with Crippen molar-refractivity contribution in [3.8, 4) is 5.75 Å². The average molecular weight is 650 g/mol. The SMILES string of the molecule is CCC(=O)CCCCCCCCCN1CCN(c2ccc(Nc3ncc(Cl)c(Nc4ccccc4C(=O)NC)n3)c(OC)c2)CC1. The standard InChI is InChI=1S/C35H48ClN7O3/c1-4-27(44)14-10-8-6-5-7-9-13-19-42-20-22-43(23-21-42)26-17-18-31(32(24-26)46-3)40-35-38-25-29(36)33(41-35)39-30-16-12-11-15-28(30)34(45)37-2/h11-12,15-18,24-25H,4-10,13-14,19-23H2,1-3H3,(H,37,45)(H2,38,39,40,41). The van der Waals surface area contributed by atoms with Gasteiger partial charge in [-0.2, -0.15) is 4.98 Å². The number of ketones is 1. The summed E-state index contributed by atoms with van der Waals surface area (Å²) in [6.45, 7) is 7.14. The summed E-state index contributed by atoms with van der Waals surface area (Å²) in [5.74, 6) is 1.58. The molecule has 0 saturated carbocycles. The number of benzene rings is 2. The first kappa shape index (κ1) is 35.0. The third kappa shape index (κ3) is 10.3. The Labute approximate surface area is 278 Å². The molecule has 248 valence electrons. The van der Waals surface area contributed by atoms with Crippen molar-refractivity contribution in [1.82, 2.24) is 20.2 Å². The molecule has 0 radical (unpaired) electrons. The van der Waals surface area contributed by atoms with E-state index in [0.717, 1.165) is 56.9 Å². The predicted molar refractivity (Wildman–Crippen MR) is 187 cm³/mol. The largest absolute Gasteiger partial charge is 0.494 e. The van der Waals surface area contributed by atoms with E-state index in [-0.39, 0.29) is 5.91 Å². The fourth-order valence-electron chi connectivity index (χ4n) is 5.62. The van der Waals surface area contributed by atoms with E-state index < -0.39 is 0 Å². The van der Waals surface area contributed by atoms with E-state index in [4.69, 9.17) is 16.3 Å². The molecule has 1 aliphatic heterocycles. The van der Waals surface area contributed by atoms with Gasteiger partial charge in [0.2, 0.25) is 5.95 Å². The van der Waals surface area contributed by atoms with Crippen molar-refractivity contribution in [2.24, 2.45) is 0 Å². The van der Waals surface area contributed by atoms with E-state index in [0.29, 0.717) is 46.0 Å². The molecule has 1 aromatic heterocycles. The molecule has 46 heavy (non-hydrogen) atoms. The Bertz CT molecular complexity index is 1430. The summed E-state index contributed by atoms with van der Waals surface area (Å²) in [4.78, 5) is 37.6. The van der Waals surface area contributed by atoms with Gasteiger partial charge in [0.15, 0.2) is 5.82 Å². The zero-order chi connectivity index (χ0) is 32.7. The second kappa shape index (κ2) is 18.3. The number of anilines is 5. The van der Waals surface area contributed by atoms with Gasteiger partial charge in [-0.25, -0.2) is 4.98 Å². The summed E-state index contributed by atoms with van der Waals surface area (Å²) in [6.07, 6.45) is 11.5. The van der Waals surface area contributed by atoms with Crippen molar-refractivity contribution >= 4 is 52.1 Å². The molecule has 1 aliphatic rings. The van der Waals surface area contributed by atoms with Crippen LogP contribution in [0.1, 0.15) is 75.1 Å². The number of halogens is 1. The Balaban J connectivity index is 1.25. The highest BCUT2D eigenvalue weighted by Gasteiger charge is 2.19. The van der Waals surface area contributed by atoms with Crippen LogP contribution in [0.15, 0.2) is 48.7 Å². The predicted octanol–water partition coefficient (Wildman–Crippen LogP) is 7.21. The van der Waals surface area contributed by atoms with Gasteiger partial charge in [0.1, 0.15) is 16.6 Å². The van der Waals surface area contributed by atoms with Crippen molar-refractivity contribution in [3.63, 3.8) is 0 Å². The van der Waals surface area contributed by atoms with Crippen LogP contribution < -0.4 is 25.6 Å². The minimum absolute atomic E-state index is 0.214. The lowest BCUT2D eigenvalue weighted by Crippen LogP contribution is -2.46. The summed E-state index contributed by atoms with van der Waals surface area (Å²) in [5.41, 5.74) is 2.91. The van der Waals surface area contributed by atoms with Gasteiger partial charge in [0.25, 0.3) is 5.91 Å². The zero-order valence-electron chi connectivity index (χ0n) is 27.4. The number of hydrogen-bond donors (Lipinski definition) is 3. The number of aromatic nitrogens is 2. The maximum Gasteiger partial charge on any atom is 0.253 e. The highest BCUT2D eigenvalue weighted by atomic mass is 35.5. The van der Waals surface area contributed by atoms with Gasteiger partial charge in [-0.3, -0.25) is 14.5 Å². The number of carbonyl (C=O) groups is 2. The summed E-state index contributed by atoms with van der Waals surface area (Å²) >= 11 is 6.41. The Kier molecular flexibility index (Phi) is 13.9. The molecule has 1 amide bonds. The fraction of sp³-hybridized carbons (Fsp3) is 0.486. The second-order valence-electron chi connectivity index (χ2n) is 11.6. The maximum atomic E-state index is 12.3. The van der Waals surface area contributed by atoms with Gasteiger partial charge in [0, 0.05) is 57.8 Å². The fourth-order valence-corrected chi connectivity index (χ4v) is 5.75. The lowest BCUT2D eigenvalue weighted by molar-refractivity contribution is -0.118. The number of nitrogens with one attached hydrogen (secondary N) is 3. The molecule has 10 nitrogen and oxygen atoms in total. The zero-order valence-corrected chi connectivity index (χ0v) is 28.2. The number of methoxy groups -OCH3 is 1. The van der Waals surface area contributed by atoms with Crippen molar-refractivity contribution in [1.29, 1.82) is 0 Å². The monoisotopic (exact) mass is 649 g/mol.